The molecule has 0 saturated carbocycles. The molecule has 0 saturated heterocycles. The van der Waals surface area contributed by atoms with Crippen LogP contribution in [-0.4, -0.2) is 19.7 Å². The molecule has 86 valence electrons. The lowest BCUT2D eigenvalue weighted by Crippen LogP contribution is -2.02. The molecule has 0 unspecified atom stereocenters. The van der Waals surface area contributed by atoms with Crippen LogP contribution in [0, 0.1) is 0 Å². The van der Waals surface area contributed by atoms with Gasteiger partial charge in [-0.1, -0.05) is 13.5 Å². The van der Waals surface area contributed by atoms with Crippen LogP contribution >= 0.6 is 0 Å². The Morgan fingerprint density at radius 1 is 1.31 bits per heavy atom. The zero-order valence-electron chi connectivity index (χ0n) is 9.66. The van der Waals surface area contributed by atoms with Crippen LogP contribution in [0.3, 0.4) is 0 Å². The molecule has 0 radical (unpaired) electrons. The average molecular weight is 220 g/mol. The lowest BCUT2D eigenvalue weighted by molar-refractivity contribution is 0.0600. The number of carbonyl (C=O) groups excluding carboxylic acids is 1. The Bertz CT molecular complexity index is 365. The van der Waals surface area contributed by atoms with Gasteiger partial charge in [0.2, 0.25) is 0 Å². The van der Waals surface area contributed by atoms with Crippen LogP contribution in [0.5, 0.6) is 5.75 Å². The van der Waals surface area contributed by atoms with E-state index in [-0.39, 0.29) is 5.97 Å². The summed E-state index contributed by atoms with van der Waals surface area (Å²) < 4.78 is 10.1. The van der Waals surface area contributed by atoms with Crippen molar-refractivity contribution in [3.8, 4) is 5.75 Å². The van der Waals surface area contributed by atoms with Crippen molar-refractivity contribution in [1.82, 2.24) is 0 Å². The van der Waals surface area contributed by atoms with E-state index in [9.17, 15) is 4.79 Å². The molecule has 0 atom stereocenters. The highest BCUT2D eigenvalue weighted by atomic mass is 16.5. The van der Waals surface area contributed by atoms with E-state index in [4.69, 9.17) is 4.74 Å². The molecule has 16 heavy (non-hydrogen) atoms. The SMILES string of the molecule is C=C(CC)COc1ccc(C(=O)OC)cc1. The van der Waals surface area contributed by atoms with Crippen molar-refractivity contribution in [2.75, 3.05) is 13.7 Å². The first-order chi connectivity index (χ1) is 7.67. The van der Waals surface area contributed by atoms with Gasteiger partial charge in [0.05, 0.1) is 12.7 Å². The van der Waals surface area contributed by atoms with Gasteiger partial charge in [-0.15, -0.1) is 0 Å². The number of ether oxygens (including phenoxy) is 2. The van der Waals surface area contributed by atoms with E-state index in [1.165, 1.54) is 7.11 Å². The molecule has 3 heteroatoms. The number of rotatable bonds is 5. The maximum absolute atomic E-state index is 11.2. The van der Waals surface area contributed by atoms with E-state index in [2.05, 4.69) is 11.3 Å². The van der Waals surface area contributed by atoms with E-state index in [0.29, 0.717) is 12.2 Å². The zero-order valence-corrected chi connectivity index (χ0v) is 9.66. The molecule has 0 aliphatic carbocycles. The van der Waals surface area contributed by atoms with Gasteiger partial charge in [-0.05, 0) is 36.3 Å². The molecule has 0 aliphatic rings. The fourth-order valence-electron chi connectivity index (χ4n) is 1.09. The molecular formula is C13H16O3. The van der Waals surface area contributed by atoms with E-state index < -0.39 is 0 Å². The Kier molecular flexibility index (Phi) is 4.58. The van der Waals surface area contributed by atoms with Crippen molar-refractivity contribution >= 4 is 5.97 Å². The van der Waals surface area contributed by atoms with Crippen molar-refractivity contribution < 1.29 is 14.3 Å². The van der Waals surface area contributed by atoms with Crippen LogP contribution in [0.25, 0.3) is 0 Å². The second-order valence-corrected chi connectivity index (χ2v) is 3.41. The molecule has 1 rings (SSSR count). The predicted octanol–water partition coefficient (Wildman–Crippen LogP) is 2.82. The van der Waals surface area contributed by atoms with Gasteiger partial charge in [-0.3, -0.25) is 0 Å². The number of esters is 1. The lowest BCUT2D eigenvalue weighted by Gasteiger charge is -2.07. The Hall–Kier alpha value is -1.77. The van der Waals surface area contributed by atoms with Gasteiger partial charge in [0.15, 0.2) is 0 Å². The quantitative estimate of drug-likeness (QED) is 0.565. The Morgan fingerprint density at radius 2 is 1.94 bits per heavy atom. The summed E-state index contributed by atoms with van der Waals surface area (Å²) in [6, 6.07) is 6.84. The summed E-state index contributed by atoms with van der Waals surface area (Å²) in [5.41, 5.74) is 1.56. The van der Waals surface area contributed by atoms with E-state index in [0.717, 1.165) is 17.7 Å². The monoisotopic (exact) mass is 220 g/mol. The second-order valence-electron chi connectivity index (χ2n) is 3.41. The van der Waals surface area contributed by atoms with Crippen LogP contribution in [0.2, 0.25) is 0 Å². The summed E-state index contributed by atoms with van der Waals surface area (Å²) in [5, 5.41) is 0. The van der Waals surface area contributed by atoms with Crippen molar-refractivity contribution in [3.63, 3.8) is 0 Å². The summed E-state index contributed by atoms with van der Waals surface area (Å²) in [6.45, 7) is 6.39. The molecule has 1 aromatic carbocycles. The van der Waals surface area contributed by atoms with Crippen molar-refractivity contribution in [3.05, 3.63) is 42.0 Å². The van der Waals surface area contributed by atoms with Gasteiger partial charge in [0.1, 0.15) is 12.4 Å². The van der Waals surface area contributed by atoms with Gasteiger partial charge in [-0.25, -0.2) is 4.79 Å². The third-order valence-electron chi connectivity index (χ3n) is 2.22. The lowest BCUT2D eigenvalue weighted by atomic mass is 10.2. The molecule has 0 amide bonds. The van der Waals surface area contributed by atoms with Gasteiger partial charge in [0.25, 0.3) is 0 Å². The Balaban J connectivity index is 2.58. The molecular weight excluding hydrogens is 204 g/mol. The number of hydrogen-bond acceptors (Lipinski definition) is 3. The maximum atomic E-state index is 11.2. The van der Waals surface area contributed by atoms with Gasteiger partial charge < -0.3 is 9.47 Å². The Labute approximate surface area is 95.7 Å². The van der Waals surface area contributed by atoms with E-state index in [1.54, 1.807) is 24.3 Å². The summed E-state index contributed by atoms with van der Waals surface area (Å²) in [6.07, 6.45) is 0.903. The fraction of sp³-hybridized carbons (Fsp3) is 0.308. The number of methoxy groups -OCH3 is 1. The molecule has 1 aromatic rings. The highest BCUT2D eigenvalue weighted by molar-refractivity contribution is 5.89. The topological polar surface area (TPSA) is 35.5 Å². The van der Waals surface area contributed by atoms with Gasteiger partial charge in [0, 0.05) is 0 Å². The summed E-state index contributed by atoms with van der Waals surface area (Å²) in [4.78, 5) is 11.2. The van der Waals surface area contributed by atoms with E-state index in [1.807, 2.05) is 6.92 Å². The molecule has 0 fully saturated rings. The van der Waals surface area contributed by atoms with Crippen molar-refractivity contribution in [2.24, 2.45) is 0 Å². The first kappa shape index (κ1) is 12.3. The number of hydrogen-bond donors (Lipinski definition) is 0. The first-order valence-corrected chi connectivity index (χ1v) is 5.15. The smallest absolute Gasteiger partial charge is 0.337 e. The van der Waals surface area contributed by atoms with Gasteiger partial charge in [-0.2, -0.15) is 0 Å². The molecule has 0 N–H and O–H groups in total. The number of carbonyl (C=O) groups is 1. The molecule has 0 spiro atoms. The number of benzene rings is 1. The molecule has 0 aliphatic heterocycles. The third-order valence-corrected chi connectivity index (χ3v) is 2.22. The zero-order chi connectivity index (χ0) is 12.0. The summed E-state index contributed by atoms with van der Waals surface area (Å²) in [7, 11) is 1.36. The highest BCUT2D eigenvalue weighted by Gasteiger charge is 2.04. The van der Waals surface area contributed by atoms with Crippen LogP contribution in [0.4, 0.5) is 0 Å². The van der Waals surface area contributed by atoms with Crippen molar-refractivity contribution in [1.29, 1.82) is 0 Å². The normalized spacial score (nSPS) is 9.62. The largest absolute Gasteiger partial charge is 0.489 e. The minimum Gasteiger partial charge on any atom is -0.489 e. The highest BCUT2D eigenvalue weighted by Crippen LogP contribution is 2.13. The fourth-order valence-corrected chi connectivity index (χ4v) is 1.09. The van der Waals surface area contributed by atoms with Crippen LogP contribution in [-0.2, 0) is 4.74 Å². The molecule has 0 bridgehead atoms. The first-order valence-electron chi connectivity index (χ1n) is 5.15. The third kappa shape index (κ3) is 3.42. The Morgan fingerprint density at radius 3 is 2.44 bits per heavy atom. The van der Waals surface area contributed by atoms with Crippen LogP contribution in [0.15, 0.2) is 36.4 Å². The van der Waals surface area contributed by atoms with Crippen LogP contribution < -0.4 is 4.74 Å². The van der Waals surface area contributed by atoms with E-state index >= 15 is 0 Å². The maximum Gasteiger partial charge on any atom is 0.337 e. The predicted molar refractivity (Wildman–Crippen MR) is 62.7 cm³/mol. The summed E-state index contributed by atoms with van der Waals surface area (Å²) >= 11 is 0. The minimum atomic E-state index is -0.343. The summed E-state index contributed by atoms with van der Waals surface area (Å²) in [5.74, 6) is 0.381. The standard InChI is InChI=1S/C13H16O3/c1-4-10(2)9-16-12-7-5-11(6-8-12)13(14)15-3/h5-8H,2,4,9H2,1,3H3. The second kappa shape index (κ2) is 5.95. The average Bonchev–Trinajstić information content (AvgIpc) is 2.35. The minimum absolute atomic E-state index is 0.343. The molecule has 0 aromatic heterocycles. The van der Waals surface area contributed by atoms with Crippen LogP contribution in [0.1, 0.15) is 23.7 Å². The van der Waals surface area contributed by atoms with Crippen molar-refractivity contribution in [2.45, 2.75) is 13.3 Å². The molecule has 3 nitrogen and oxygen atoms in total. The molecule has 0 heterocycles. The van der Waals surface area contributed by atoms with Gasteiger partial charge >= 0.3 is 5.97 Å².